The number of piperazine rings is 1. The number of benzene rings is 1. The molecule has 1 amide bonds. The van der Waals surface area contributed by atoms with Gasteiger partial charge in [0.1, 0.15) is 0 Å². The van der Waals surface area contributed by atoms with Crippen LogP contribution in [0, 0.1) is 5.92 Å². The summed E-state index contributed by atoms with van der Waals surface area (Å²) in [5.74, 6) is 0.0393. The number of carbonyl (C=O) groups excluding carboxylic acids is 1. The van der Waals surface area contributed by atoms with Gasteiger partial charge in [0.05, 0.1) is 15.7 Å². The molecular formula is C16H23Cl2N3O. The van der Waals surface area contributed by atoms with Crippen molar-refractivity contribution in [1.82, 2.24) is 5.32 Å². The van der Waals surface area contributed by atoms with Crippen LogP contribution in [0.2, 0.25) is 10.0 Å². The molecule has 0 atom stereocenters. The summed E-state index contributed by atoms with van der Waals surface area (Å²) < 4.78 is 0. The molecule has 1 aliphatic rings. The number of hydrogen-bond acceptors (Lipinski definition) is 3. The molecule has 0 bridgehead atoms. The predicted octanol–water partition coefficient (Wildman–Crippen LogP) is 3.78. The third-order valence-electron chi connectivity index (χ3n) is 4.07. The number of amides is 1. The first-order valence-electron chi connectivity index (χ1n) is 7.82. The Morgan fingerprint density at radius 1 is 1.23 bits per heavy atom. The van der Waals surface area contributed by atoms with Crippen LogP contribution < -0.4 is 15.5 Å². The first-order chi connectivity index (χ1) is 10.6. The van der Waals surface area contributed by atoms with Crippen LogP contribution in [-0.4, -0.2) is 32.1 Å². The van der Waals surface area contributed by atoms with E-state index in [-0.39, 0.29) is 11.8 Å². The highest BCUT2D eigenvalue weighted by atomic mass is 35.5. The van der Waals surface area contributed by atoms with E-state index < -0.39 is 0 Å². The fraction of sp³-hybridized carbons (Fsp3) is 0.562. The number of nitrogens with zero attached hydrogens (tertiary/aromatic N) is 1. The largest absolute Gasteiger partial charge is 0.367 e. The third kappa shape index (κ3) is 4.06. The number of hydrogen-bond donors (Lipinski definition) is 2. The predicted molar refractivity (Wildman–Crippen MR) is 94.2 cm³/mol. The van der Waals surface area contributed by atoms with Crippen LogP contribution in [0.5, 0.6) is 0 Å². The Labute approximate surface area is 142 Å². The van der Waals surface area contributed by atoms with Crippen LogP contribution in [-0.2, 0) is 4.79 Å². The highest BCUT2D eigenvalue weighted by Crippen LogP contribution is 2.37. The minimum atomic E-state index is 0.0189. The Kier molecular flexibility index (Phi) is 6.36. The second kappa shape index (κ2) is 8.04. The molecule has 4 nitrogen and oxygen atoms in total. The molecule has 0 aliphatic carbocycles. The number of rotatable bonds is 5. The molecule has 0 aromatic heterocycles. The van der Waals surface area contributed by atoms with Crippen molar-refractivity contribution in [2.24, 2.45) is 5.92 Å². The van der Waals surface area contributed by atoms with Crippen molar-refractivity contribution in [2.45, 2.75) is 26.7 Å². The van der Waals surface area contributed by atoms with Gasteiger partial charge in [-0.05, 0) is 25.0 Å². The first-order valence-corrected chi connectivity index (χ1v) is 8.58. The van der Waals surface area contributed by atoms with Crippen molar-refractivity contribution in [2.75, 3.05) is 36.4 Å². The van der Waals surface area contributed by atoms with E-state index in [4.69, 9.17) is 23.2 Å². The molecule has 1 heterocycles. The molecule has 1 fully saturated rings. The van der Waals surface area contributed by atoms with E-state index >= 15 is 0 Å². The van der Waals surface area contributed by atoms with E-state index in [1.54, 1.807) is 12.1 Å². The summed E-state index contributed by atoms with van der Waals surface area (Å²) in [6, 6.07) is 3.57. The summed E-state index contributed by atoms with van der Waals surface area (Å²) in [4.78, 5) is 14.3. The lowest BCUT2D eigenvalue weighted by atomic mass is 10.0. The van der Waals surface area contributed by atoms with E-state index in [9.17, 15) is 4.79 Å². The van der Waals surface area contributed by atoms with Gasteiger partial charge in [0.2, 0.25) is 5.91 Å². The molecule has 1 aromatic rings. The van der Waals surface area contributed by atoms with Crippen LogP contribution in [0.15, 0.2) is 12.1 Å². The van der Waals surface area contributed by atoms with Gasteiger partial charge >= 0.3 is 0 Å². The van der Waals surface area contributed by atoms with Gasteiger partial charge in [-0.25, -0.2) is 0 Å². The quantitative estimate of drug-likeness (QED) is 0.854. The summed E-state index contributed by atoms with van der Waals surface area (Å²) in [5.41, 5.74) is 1.51. The maximum Gasteiger partial charge on any atom is 0.227 e. The van der Waals surface area contributed by atoms with Gasteiger partial charge in [0.15, 0.2) is 0 Å². The molecular weight excluding hydrogens is 321 g/mol. The zero-order valence-corrected chi connectivity index (χ0v) is 14.6. The number of halogens is 2. The van der Waals surface area contributed by atoms with Crippen molar-refractivity contribution < 1.29 is 4.79 Å². The topological polar surface area (TPSA) is 44.4 Å². The first kappa shape index (κ1) is 17.4. The molecule has 0 radical (unpaired) electrons. The van der Waals surface area contributed by atoms with Gasteiger partial charge in [-0.15, -0.1) is 0 Å². The lowest BCUT2D eigenvalue weighted by Crippen LogP contribution is -2.43. The standard InChI is InChI=1S/C16H23Cl2N3O/c1-3-11(4-2)16(22)20-12-9-13(17)15(14(18)10-12)21-7-5-19-6-8-21/h9-11,19H,3-8H2,1-2H3,(H,20,22). The minimum absolute atomic E-state index is 0.0189. The molecule has 0 saturated carbocycles. The van der Waals surface area contributed by atoms with Crippen molar-refractivity contribution in [3.05, 3.63) is 22.2 Å². The lowest BCUT2D eigenvalue weighted by molar-refractivity contribution is -0.120. The second-order valence-electron chi connectivity index (χ2n) is 5.53. The Morgan fingerprint density at radius 3 is 2.27 bits per heavy atom. The van der Waals surface area contributed by atoms with Crippen LogP contribution in [0.4, 0.5) is 11.4 Å². The van der Waals surface area contributed by atoms with Crippen molar-refractivity contribution in [3.8, 4) is 0 Å². The molecule has 2 rings (SSSR count). The fourth-order valence-electron chi connectivity index (χ4n) is 2.73. The van der Waals surface area contributed by atoms with E-state index in [1.165, 1.54) is 0 Å². The van der Waals surface area contributed by atoms with Crippen LogP contribution in [0.3, 0.4) is 0 Å². The fourth-order valence-corrected chi connectivity index (χ4v) is 3.46. The normalized spacial score (nSPS) is 15.2. The zero-order valence-electron chi connectivity index (χ0n) is 13.1. The highest BCUT2D eigenvalue weighted by molar-refractivity contribution is 6.39. The van der Waals surface area contributed by atoms with Gasteiger partial charge in [0, 0.05) is 37.8 Å². The monoisotopic (exact) mass is 343 g/mol. The van der Waals surface area contributed by atoms with Crippen molar-refractivity contribution in [1.29, 1.82) is 0 Å². The SMILES string of the molecule is CCC(CC)C(=O)Nc1cc(Cl)c(N2CCNCC2)c(Cl)c1. The van der Waals surface area contributed by atoms with E-state index in [2.05, 4.69) is 15.5 Å². The number of carbonyl (C=O) groups is 1. The van der Waals surface area contributed by atoms with Crippen LogP contribution >= 0.6 is 23.2 Å². The second-order valence-corrected chi connectivity index (χ2v) is 6.34. The van der Waals surface area contributed by atoms with Gasteiger partial charge < -0.3 is 15.5 Å². The molecule has 0 spiro atoms. The summed E-state index contributed by atoms with van der Waals surface area (Å²) in [6.07, 6.45) is 1.64. The summed E-state index contributed by atoms with van der Waals surface area (Å²) in [5, 5.41) is 7.37. The number of nitrogens with one attached hydrogen (secondary N) is 2. The Balaban J connectivity index is 2.17. The summed E-state index contributed by atoms with van der Waals surface area (Å²) in [6.45, 7) is 7.61. The Hall–Kier alpha value is -0.970. The Morgan fingerprint density at radius 2 is 1.77 bits per heavy atom. The average Bonchev–Trinajstić information content (AvgIpc) is 2.49. The van der Waals surface area contributed by atoms with E-state index in [0.29, 0.717) is 15.7 Å². The summed E-state index contributed by atoms with van der Waals surface area (Å²) >= 11 is 12.8. The smallest absolute Gasteiger partial charge is 0.227 e. The third-order valence-corrected chi connectivity index (χ3v) is 4.65. The molecule has 1 aliphatic heterocycles. The molecule has 2 N–H and O–H groups in total. The molecule has 22 heavy (non-hydrogen) atoms. The average molecular weight is 344 g/mol. The van der Waals surface area contributed by atoms with E-state index in [1.807, 2.05) is 13.8 Å². The maximum absolute atomic E-state index is 12.2. The highest BCUT2D eigenvalue weighted by Gasteiger charge is 2.19. The zero-order chi connectivity index (χ0) is 16.1. The van der Waals surface area contributed by atoms with Gasteiger partial charge in [-0.1, -0.05) is 37.0 Å². The van der Waals surface area contributed by atoms with Crippen molar-refractivity contribution in [3.63, 3.8) is 0 Å². The van der Waals surface area contributed by atoms with E-state index in [0.717, 1.165) is 44.7 Å². The maximum atomic E-state index is 12.2. The summed E-state index contributed by atoms with van der Waals surface area (Å²) in [7, 11) is 0. The molecule has 6 heteroatoms. The Bertz CT molecular complexity index is 503. The minimum Gasteiger partial charge on any atom is -0.367 e. The van der Waals surface area contributed by atoms with Crippen LogP contribution in [0.1, 0.15) is 26.7 Å². The number of anilines is 2. The van der Waals surface area contributed by atoms with Gasteiger partial charge in [-0.2, -0.15) is 0 Å². The van der Waals surface area contributed by atoms with Crippen molar-refractivity contribution >= 4 is 40.5 Å². The molecule has 0 unspecified atom stereocenters. The van der Waals surface area contributed by atoms with Crippen LogP contribution in [0.25, 0.3) is 0 Å². The van der Waals surface area contributed by atoms with Gasteiger partial charge in [0.25, 0.3) is 0 Å². The molecule has 122 valence electrons. The van der Waals surface area contributed by atoms with Gasteiger partial charge in [-0.3, -0.25) is 4.79 Å². The lowest BCUT2D eigenvalue weighted by Gasteiger charge is -2.31. The molecule has 1 saturated heterocycles. The molecule has 1 aromatic carbocycles.